The predicted molar refractivity (Wildman–Crippen MR) is 163 cm³/mol. The molecule has 3 N–H and O–H groups in total. The number of carbonyl (C=O) groups is 1. The monoisotopic (exact) mass is 582 g/mol. The Morgan fingerprint density at radius 1 is 1.02 bits per heavy atom. The molecule has 5 rings (SSSR count). The van der Waals surface area contributed by atoms with Crippen LogP contribution in [0, 0.1) is 0 Å². The van der Waals surface area contributed by atoms with Crippen LogP contribution in [0.2, 0.25) is 0 Å². The van der Waals surface area contributed by atoms with E-state index < -0.39 is 10.0 Å². The van der Waals surface area contributed by atoms with Gasteiger partial charge in [0.25, 0.3) is 0 Å². The van der Waals surface area contributed by atoms with E-state index in [0.717, 1.165) is 50.6 Å². The minimum Gasteiger partial charge on any atom is -0.377 e. The van der Waals surface area contributed by atoms with Gasteiger partial charge < -0.3 is 25.3 Å². The molecular formula is C29H42N8O3S. The topological polar surface area (TPSA) is 115 Å². The number of aromatic nitrogens is 2. The van der Waals surface area contributed by atoms with E-state index in [1.165, 1.54) is 0 Å². The lowest BCUT2D eigenvalue weighted by Gasteiger charge is -2.37. The van der Waals surface area contributed by atoms with Crippen LogP contribution in [0.15, 0.2) is 53.7 Å². The molecule has 2 saturated heterocycles. The summed E-state index contributed by atoms with van der Waals surface area (Å²) >= 11 is 0. The normalized spacial score (nSPS) is 17.2. The van der Waals surface area contributed by atoms with Gasteiger partial charge in [-0.25, -0.2) is 22.9 Å². The van der Waals surface area contributed by atoms with Gasteiger partial charge in [0.1, 0.15) is 0 Å². The molecule has 0 aliphatic carbocycles. The van der Waals surface area contributed by atoms with Crippen molar-refractivity contribution < 1.29 is 13.2 Å². The molecule has 1 aromatic carbocycles. The van der Waals surface area contributed by atoms with Gasteiger partial charge in [-0.15, -0.1) is 0 Å². The number of hydrogen-bond acceptors (Lipinski definition) is 8. The van der Waals surface area contributed by atoms with Crippen molar-refractivity contribution in [1.82, 2.24) is 29.4 Å². The molecule has 0 bridgehead atoms. The van der Waals surface area contributed by atoms with Gasteiger partial charge in [0.2, 0.25) is 10.0 Å². The summed E-state index contributed by atoms with van der Waals surface area (Å²) in [5.74, 6) is 0.895. The van der Waals surface area contributed by atoms with Gasteiger partial charge in [0.15, 0.2) is 5.82 Å². The van der Waals surface area contributed by atoms with Gasteiger partial charge in [-0.05, 0) is 70.1 Å². The molecule has 41 heavy (non-hydrogen) atoms. The first kappa shape index (κ1) is 29.3. The maximum absolute atomic E-state index is 13.5. The fourth-order valence-corrected chi connectivity index (χ4v) is 6.50. The largest absolute Gasteiger partial charge is 0.377 e. The highest BCUT2D eigenvalue weighted by Gasteiger charge is 2.26. The first-order valence-electron chi connectivity index (χ1n) is 14.4. The Labute approximate surface area is 242 Å². The molecule has 2 aliphatic heterocycles. The number of piperazine rings is 2. The van der Waals surface area contributed by atoms with Crippen molar-refractivity contribution in [3.8, 4) is 0 Å². The number of rotatable bonds is 8. The first-order valence-corrected chi connectivity index (χ1v) is 15.9. The Morgan fingerprint density at radius 3 is 2.51 bits per heavy atom. The third-order valence-corrected chi connectivity index (χ3v) is 8.94. The smallest absolute Gasteiger partial charge is 0.328 e. The number of fused-ring (bicyclic) bond motifs is 1. The Bertz CT molecular complexity index is 1450. The molecule has 0 atom stereocenters. The lowest BCUT2D eigenvalue weighted by molar-refractivity contribution is 0.197. The molecule has 2 fully saturated rings. The number of hydrogen-bond donors (Lipinski definition) is 3. The molecule has 1 amide bonds. The van der Waals surface area contributed by atoms with E-state index in [-0.39, 0.29) is 16.5 Å². The van der Waals surface area contributed by atoms with E-state index in [2.05, 4.69) is 50.9 Å². The van der Waals surface area contributed by atoms with Gasteiger partial charge in [0, 0.05) is 82.2 Å². The summed E-state index contributed by atoms with van der Waals surface area (Å²) in [5, 5.41) is 7.56. The number of sulfonamides is 1. The second kappa shape index (κ2) is 12.4. The number of amides is 1. The molecular weight excluding hydrogens is 540 g/mol. The summed E-state index contributed by atoms with van der Waals surface area (Å²) in [6.45, 7) is 14.0. The Morgan fingerprint density at radius 2 is 1.78 bits per heavy atom. The van der Waals surface area contributed by atoms with Gasteiger partial charge in [-0.1, -0.05) is 0 Å². The van der Waals surface area contributed by atoms with Gasteiger partial charge >= 0.3 is 6.03 Å². The zero-order valence-electron chi connectivity index (χ0n) is 24.3. The molecule has 0 radical (unpaired) electrons. The van der Waals surface area contributed by atoms with Crippen LogP contribution in [0.3, 0.4) is 0 Å². The van der Waals surface area contributed by atoms with Crippen molar-refractivity contribution in [3.63, 3.8) is 0 Å². The highest BCUT2D eigenvalue weighted by Crippen LogP contribution is 2.27. The van der Waals surface area contributed by atoms with Crippen LogP contribution < -0.4 is 20.3 Å². The summed E-state index contributed by atoms with van der Waals surface area (Å²) < 4.78 is 30.2. The third kappa shape index (κ3) is 7.18. The van der Waals surface area contributed by atoms with Gasteiger partial charge in [-0.2, -0.15) is 0 Å². The standard InChI is InChI=1S/C29H42N8O3S/c1-29(2,3)33-25-6-4-10-31-27(25)35-18-20-36(21-19-35)28(38)37-15-9-23-22-24(7-8-26(23)37)41(39,40)32-11-5-14-34-16-12-30-13-17-34/h4,6-10,15,22,30,32-33H,5,11-14,16-21H2,1-3H3. The van der Waals surface area contributed by atoms with E-state index >= 15 is 0 Å². The average molecular weight is 583 g/mol. The quantitative estimate of drug-likeness (QED) is 0.348. The van der Waals surface area contributed by atoms with E-state index in [4.69, 9.17) is 0 Å². The van der Waals surface area contributed by atoms with E-state index in [0.29, 0.717) is 43.6 Å². The molecule has 11 nitrogen and oxygen atoms in total. The number of nitrogens with one attached hydrogen (secondary N) is 3. The lowest BCUT2D eigenvalue weighted by atomic mass is 10.1. The van der Waals surface area contributed by atoms with Crippen LogP contribution >= 0.6 is 0 Å². The fourth-order valence-electron chi connectivity index (χ4n) is 5.39. The average Bonchev–Trinajstić information content (AvgIpc) is 3.39. The van der Waals surface area contributed by atoms with Crippen LogP contribution in [0.25, 0.3) is 10.9 Å². The molecule has 0 saturated carbocycles. The van der Waals surface area contributed by atoms with E-state index in [9.17, 15) is 13.2 Å². The lowest BCUT2D eigenvalue weighted by Crippen LogP contribution is -2.50. The van der Waals surface area contributed by atoms with Crippen molar-refractivity contribution in [1.29, 1.82) is 0 Å². The number of carbonyl (C=O) groups excluding carboxylic acids is 1. The minimum atomic E-state index is -3.64. The summed E-state index contributed by atoms with van der Waals surface area (Å²) in [6.07, 6.45) is 4.28. The number of pyridine rings is 1. The maximum Gasteiger partial charge on any atom is 0.328 e. The Hall–Kier alpha value is -3.19. The predicted octanol–water partition coefficient (Wildman–Crippen LogP) is 2.61. The number of anilines is 2. The SMILES string of the molecule is CC(C)(C)Nc1cccnc1N1CCN(C(=O)n2ccc3cc(S(=O)(=O)NCCCN4CCNCC4)ccc32)CC1. The molecule has 4 heterocycles. The first-order chi connectivity index (χ1) is 19.6. The van der Waals surface area contributed by atoms with E-state index in [1.54, 1.807) is 41.2 Å². The van der Waals surface area contributed by atoms with Crippen LogP contribution in [-0.2, 0) is 10.0 Å². The second-order valence-electron chi connectivity index (χ2n) is 11.8. The highest BCUT2D eigenvalue weighted by molar-refractivity contribution is 7.89. The second-order valence-corrected chi connectivity index (χ2v) is 13.5. The fraction of sp³-hybridized carbons (Fsp3) is 0.517. The summed E-state index contributed by atoms with van der Waals surface area (Å²) in [4.78, 5) is 24.7. The molecule has 2 aliphatic rings. The van der Waals surface area contributed by atoms with Crippen molar-refractivity contribution in [3.05, 3.63) is 48.8 Å². The van der Waals surface area contributed by atoms with Gasteiger partial charge in [-0.3, -0.25) is 4.57 Å². The third-order valence-electron chi connectivity index (χ3n) is 7.48. The minimum absolute atomic E-state index is 0.0920. The molecule has 0 spiro atoms. The summed E-state index contributed by atoms with van der Waals surface area (Å²) in [7, 11) is -3.64. The zero-order chi connectivity index (χ0) is 29.0. The van der Waals surface area contributed by atoms with Crippen LogP contribution in [0.5, 0.6) is 0 Å². The molecule has 222 valence electrons. The van der Waals surface area contributed by atoms with Crippen molar-refractivity contribution in [2.24, 2.45) is 0 Å². The number of nitrogens with zero attached hydrogens (tertiary/aromatic N) is 5. The van der Waals surface area contributed by atoms with Crippen LogP contribution in [0.1, 0.15) is 27.2 Å². The maximum atomic E-state index is 13.5. The zero-order valence-corrected chi connectivity index (χ0v) is 25.1. The molecule has 3 aromatic rings. The Kier molecular flexibility index (Phi) is 8.83. The van der Waals surface area contributed by atoms with Crippen molar-refractivity contribution in [2.75, 3.05) is 75.7 Å². The van der Waals surface area contributed by atoms with E-state index in [1.807, 2.05) is 17.0 Å². The number of benzene rings is 1. The Balaban J connectivity index is 1.19. The van der Waals surface area contributed by atoms with Crippen LogP contribution in [0.4, 0.5) is 16.3 Å². The molecule has 12 heteroatoms. The summed E-state index contributed by atoms with van der Waals surface area (Å²) in [6, 6.07) is 10.6. The highest BCUT2D eigenvalue weighted by atomic mass is 32.2. The molecule has 0 unspecified atom stereocenters. The summed E-state index contributed by atoms with van der Waals surface area (Å²) in [5.41, 5.74) is 1.58. The van der Waals surface area contributed by atoms with Crippen molar-refractivity contribution >= 4 is 38.5 Å². The van der Waals surface area contributed by atoms with Crippen LogP contribution in [-0.4, -0.2) is 105 Å². The van der Waals surface area contributed by atoms with Gasteiger partial charge in [0.05, 0.1) is 16.1 Å². The molecule has 2 aromatic heterocycles. The van der Waals surface area contributed by atoms with Crippen molar-refractivity contribution in [2.45, 2.75) is 37.6 Å².